The van der Waals surface area contributed by atoms with Gasteiger partial charge in [0.1, 0.15) is 6.04 Å². The molecule has 3 heterocycles. The predicted octanol–water partition coefficient (Wildman–Crippen LogP) is 4.77. The number of halogens is 1. The molecular weight excluding hydrogens is 604 g/mol. The molecule has 2 bridgehead atoms. The van der Waals surface area contributed by atoms with Crippen LogP contribution in [0.2, 0.25) is 0 Å². The lowest BCUT2D eigenvalue weighted by Gasteiger charge is -2.43. The van der Waals surface area contributed by atoms with E-state index in [1.54, 1.807) is 27.6 Å². The number of fused-ring (bicyclic) bond motifs is 1. The van der Waals surface area contributed by atoms with Gasteiger partial charge in [-0.2, -0.15) is 0 Å². The van der Waals surface area contributed by atoms with E-state index < -0.39 is 34.2 Å². The van der Waals surface area contributed by atoms with Gasteiger partial charge in [0.25, 0.3) is 0 Å². The fourth-order valence-electron chi connectivity index (χ4n) is 6.78. The van der Waals surface area contributed by atoms with Gasteiger partial charge in [0.05, 0.1) is 35.8 Å². The Morgan fingerprint density at radius 2 is 1.95 bits per heavy atom. The minimum atomic E-state index is -0.833. The smallest absolute Gasteiger partial charge is 0.310 e. The number of ether oxygens (including phenoxy) is 1. The molecule has 0 saturated carbocycles. The minimum absolute atomic E-state index is 0.0469. The van der Waals surface area contributed by atoms with Crippen LogP contribution in [0.15, 0.2) is 55.6 Å². The first kappa shape index (κ1) is 31.8. The van der Waals surface area contributed by atoms with Crippen LogP contribution < -0.4 is 0 Å². The van der Waals surface area contributed by atoms with Gasteiger partial charge in [0.2, 0.25) is 11.8 Å². The van der Waals surface area contributed by atoms with Crippen molar-refractivity contribution in [1.29, 1.82) is 0 Å². The minimum Gasteiger partial charge on any atom is -0.465 e. The molecule has 224 valence electrons. The number of amides is 2. The number of thioether (sulfide) groups is 1. The summed E-state index contributed by atoms with van der Waals surface area (Å²) in [5.41, 5.74) is 0.437. The van der Waals surface area contributed by atoms with Crippen molar-refractivity contribution in [2.75, 3.05) is 19.8 Å². The Labute approximate surface area is 256 Å². The predicted molar refractivity (Wildman–Crippen MR) is 167 cm³/mol. The summed E-state index contributed by atoms with van der Waals surface area (Å²) in [6, 6.07) is 8.23. The molecule has 1 N–H and O–H groups in total. The number of unbranched alkanes of at least 4 members (excludes halogenated alkanes) is 2. The van der Waals surface area contributed by atoms with Crippen molar-refractivity contribution in [3.63, 3.8) is 0 Å². The Hall–Kier alpha value is -2.10. The van der Waals surface area contributed by atoms with Crippen LogP contribution in [0.3, 0.4) is 0 Å². The highest BCUT2D eigenvalue weighted by Gasteiger charge is 2.76. The third kappa shape index (κ3) is 6.04. The van der Waals surface area contributed by atoms with Crippen LogP contribution in [0.5, 0.6) is 0 Å². The first-order chi connectivity index (χ1) is 19.5. The van der Waals surface area contributed by atoms with Gasteiger partial charge in [-0.3, -0.25) is 14.4 Å². The van der Waals surface area contributed by atoms with Crippen molar-refractivity contribution in [3.05, 3.63) is 61.2 Å². The fourth-order valence-corrected chi connectivity index (χ4v) is 10.4. The van der Waals surface area contributed by atoms with Crippen LogP contribution in [-0.4, -0.2) is 84.9 Å². The van der Waals surface area contributed by atoms with Gasteiger partial charge in [-0.25, -0.2) is 0 Å². The molecule has 4 rings (SSSR count). The van der Waals surface area contributed by atoms with Gasteiger partial charge in [-0.05, 0) is 58.4 Å². The molecule has 3 fully saturated rings. The second-order valence-corrected chi connectivity index (χ2v) is 15.0. The standard InChI is InChI=1S/C32H43BrN2O5S/c1-6-8-9-13-17-40-30(39)24-25-28(37)35(22(20-36)18-21-14-11-10-12-15-21)27(32(25)19-23(33)26(24)41-32)29(38)34(16-7-2)31(3,4)5/h6-7,10-12,14-15,22-27,36H,1-2,8-9,13,16-20H2,3-5H3/t22-,23?,24-,25+,26-,27?,32?/m1/s1. The summed E-state index contributed by atoms with van der Waals surface area (Å²) in [5, 5.41) is 10.5. The molecule has 7 nitrogen and oxygen atoms in total. The SMILES string of the molecule is C=CCCCCOC(=O)[C@H]1[C@@H]2SC3(CC2Br)C(C(=O)N(CC=C)C(C)(C)C)N([C@@H](CO)Cc2ccccc2)C(=O)[C@H]13. The zero-order chi connectivity index (χ0) is 29.9. The van der Waals surface area contributed by atoms with E-state index in [1.807, 2.05) is 57.2 Å². The van der Waals surface area contributed by atoms with Gasteiger partial charge in [-0.1, -0.05) is 58.4 Å². The number of likely N-dealkylation sites (tertiary alicyclic amines) is 1. The molecule has 1 aromatic rings. The van der Waals surface area contributed by atoms with E-state index in [1.165, 1.54) is 0 Å². The lowest BCUT2D eigenvalue weighted by molar-refractivity contribution is -0.154. The summed E-state index contributed by atoms with van der Waals surface area (Å²) in [6.45, 7) is 13.8. The molecule has 41 heavy (non-hydrogen) atoms. The quantitative estimate of drug-likeness (QED) is 0.144. The Balaban J connectivity index is 1.75. The first-order valence-electron chi connectivity index (χ1n) is 14.5. The maximum atomic E-state index is 14.6. The van der Waals surface area contributed by atoms with E-state index in [0.717, 1.165) is 24.8 Å². The van der Waals surface area contributed by atoms with E-state index in [4.69, 9.17) is 4.74 Å². The molecule has 0 radical (unpaired) electrons. The molecule has 0 aliphatic carbocycles. The largest absolute Gasteiger partial charge is 0.465 e. The van der Waals surface area contributed by atoms with Crippen LogP contribution in [0.1, 0.15) is 52.0 Å². The van der Waals surface area contributed by atoms with Crippen LogP contribution in [0.25, 0.3) is 0 Å². The number of carbonyl (C=O) groups excluding carboxylic acids is 3. The maximum absolute atomic E-state index is 14.6. The van der Waals surface area contributed by atoms with Crippen LogP contribution in [0.4, 0.5) is 0 Å². The van der Waals surface area contributed by atoms with E-state index in [9.17, 15) is 19.5 Å². The van der Waals surface area contributed by atoms with Crippen molar-refractivity contribution in [3.8, 4) is 0 Å². The first-order valence-corrected chi connectivity index (χ1v) is 16.3. The van der Waals surface area contributed by atoms with E-state index >= 15 is 0 Å². The number of hydrogen-bond acceptors (Lipinski definition) is 6. The molecule has 3 saturated heterocycles. The van der Waals surface area contributed by atoms with E-state index in [-0.39, 0.29) is 41.1 Å². The molecule has 0 aromatic heterocycles. The Morgan fingerprint density at radius 3 is 2.56 bits per heavy atom. The molecule has 7 atom stereocenters. The summed E-state index contributed by atoms with van der Waals surface area (Å²) in [5.74, 6) is -2.15. The number of carbonyl (C=O) groups is 3. The van der Waals surface area contributed by atoms with Crippen molar-refractivity contribution in [1.82, 2.24) is 9.80 Å². The number of aliphatic hydroxyl groups is 1. The van der Waals surface area contributed by atoms with Crippen molar-refractivity contribution < 1.29 is 24.2 Å². The second kappa shape index (κ2) is 13.0. The van der Waals surface area contributed by atoms with Gasteiger partial charge in [-0.15, -0.1) is 24.9 Å². The molecule has 3 unspecified atom stereocenters. The van der Waals surface area contributed by atoms with Crippen molar-refractivity contribution in [2.24, 2.45) is 11.8 Å². The Bertz CT molecular complexity index is 1140. The summed E-state index contributed by atoms with van der Waals surface area (Å²) < 4.78 is 4.93. The highest BCUT2D eigenvalue weighted by molar-refractivity contribution is 9.09. The van der Waals surface area contributed by atoms with Crippen molar-refractivity contribution >= 4 is 45.5 Å². The lowest BCUT2D eigenvalue weighted by Crippen LogP contribution is -2.61. The molecular formula is C32H43BrN2O5S. The number of rotatable bonds is 13. The number of aliphatic hydroxyl groups excluding tert-OH is 1. The molecule has 3 aliphatic rings. The topological polar surface area (TPSA) is 87.2 Å². The highest BCUT2D eigenvalue weighted by atomic mass is 79.9. The number of allylic oxidation sites excluding steroid dienone is 1. The maximum Gasteiger partial charge on any atom is 0.310 e. The summed E-state index contributed by atoms with van der Waals surface area (Å²) in [7, 11) is 0. The number of alkyl halides is 1. The van der Waals surface area contributed by atoms with Gasteiger partial charge >= 0.3 is 5.97 Å². The summed E-state index contributed by atoms with van der Waals surface area (Å²) >= 11 is 5.40. The average molecular weight is 648 g/mol. The molecule has 9 heteroatoms. The van der Waals surface area contributed by atoms with Crippen LogP contribution in [-0.2, 0) is 25.5 Å². The Morgan fingerprint density at radius 1 is 1.24 bits per heavy atom. The summed E-state index contributed by atoms with van der Waals surface area (Å²) in [6.07, 6.45) is 6.97. The highest BCUT2D eigenvalue weighted by Crippen LogP contribution is 2.68. The van der Waals surface area contributed by atoms with E-state index in [0.29, 0.717) is 19.4 Å². The zero-order valence-electron chi connectivity index (χ0n) is 24.3. The van der Waals surface area contributed by atoms with Gasteiger partial charge in [0, 0.05) is 22.2 Å². The monoisotopic (exact) mass is 646 g/mol. The molecule has 1 aromatic carbocycles. The molecule has 1 spiro atoms. The summed E-state index contributed by atoms with van der Waals surface area (Å²) in [4.78, 5) is 46.1. The molecule has 3 aliphatic heterocycles. The Kier molecular flexibility index (Phi) is 10.1. The lowest BCUT2D eigenvalue weighted by atomic mass is 9.71. The van der Waals surface area contributed by atoms with E-state index in [2.05, 4.69) is 29.1 Å². The van der Waals surface area contributed by atoms with Gasteiger partial charge < -0.3 is 19.6 Å². The molecule has 2 amide bonds. The van der Waals surface area contributed by atoms with Crippen LogP contribution in [0, 0.1) is 11.8 Å². The van der Waals surface area contributed by atoms with Crippen molar-refractivity contribution in [2.45, 2.75) is 85.3 Å². The number of nitrogens with zero attached hydrogens (tertiary/aromatic N) is 2. The average Bonchev–Trinajstić information content (AvgIpc) is 3.53. The second-order valence-electron chi connectivity index (χ2n) is 12.3. The van der Waals surface area contributed by atoms with Crippen LogP contribution >= 0.6 is 27.7 Å². The number of benzene rings is 1. The fraction of sp³-hybridized carbons (Fsp3) is 0.594. The third-order valence-electron chi connectivity index (χ3n) is 8.59. The van der Waals surface area contributed by atoms with Gasteiger partial charge in [0.15, 0.2) is 0 Å². The number of hydrogen-bond donors (Lipinski definition) is 1. The third-order valence-corrected chi connectivity index (χ3v) is 11.8. The number of esters is 1. The normalized spacial score (nSPS) is 29.2. The zero-order valence-corrected chi connectivity index (χ0v) is 26.7.